The van der Waals surface area contributed by atoms with Crippen molar-refractivity contribution in [1.82, 2.24) is 4.98 Å². The lowest BCUT2D eigenvalue weighted by Gasteiger charge is -2.19. The van der Waals surface area contributed by atoms with Crippen LogP contribution >= 0.6 is 0 Å². The molecule has 1 aromatic heterocycles. The third-order valence-corrected chi connectivity index (χ3v) is 2.48. The zero-order valence-corrected chi connectivity index (χ0v) is 11.0. The fourth-order valence-electron chi connectivity index (χ4n) is 1.67. The molecule has 0 atom stereocenters. The molecule has 0 aliphatic rings. The first-order valence-corrected chi connectivity index (χ1v) is 5.60. The molecule has 0 unspecified atom stereocenters. The zero-order valence-electron chi connectivity index (χ0n) is 11.0. The molecule has 1 heterocycles. The Balaban J connectivity index is 3.54. The van der Waals surface area contributed by atoms with Crippen LogP contribution in [0.2, 0.25) is 0 Å². The summed E-state index contributed by atoms with van der Waals surface area (Å²) in [6.45, 7) is -0.685. The van der Waals surface area contributed by atoms with Crippen LogP contribution in [0.3, 0.4) is 0 Å². The molecule has 0 aliphatic carbocycles. The molecule has 2 N–H and O–H groups in total. The minimum Gasteiger partial charge on any atom is -0.469 e. The van der Waals surface area contributed by atoms with Crippen molar-refractivity contribution in [3.8, 4) is 5.75 Å². The molecule has 0 aliphatic heterocycles. The Morgan fingerprint density at radius 1 is 1.27 bits per heavy atom. The van der Waals surface area contributed by atoms with Gasteiger partial charge in [0.1, 0.15) is 0 Å². The zero-order chi connectivity index (χ0) is 17.1. The van der Waals surface area contributed by atoms with Gasteiger partial charge in [-0.05, 0) is 0 Å². The van der Waals surface area contributed by atoms with E-state index in [9.17, 15) is 31.1 Å². The van der Waals surface area contributed by atoms with Crippen molar-refractivity contribution in [2.24, 2.45) is 5.73 Å². The second-order valence-electron chi connectivity index (χ2n) is 3.93. The van der Waals surface area contributed by atoms with Gasteiger partial charge in [0.2, 0.25) is 0 Å². The van der Waals surface area contributed by atoms with Gasteiger partial charge in [0.15, 0.2) is 5.75 Å². The van der Waals surface area contributed by atoms with Crippen molar-refractivity contribution in [3.05, 3.63) is 23.0 Å². The van der Waals surface area contributed by atoms with E-state index in [-0.39, 0.29) is 0 Å². The SMILES string of the molecule is COC(=O)Cc1c(OC(F)(F)F)cnc(CN)c1C(F)(F)F. The van der Waals surface area contributed by atoms with Gasteiger partial charge in [-0.15, -0.1) is 13.2 Å². The summed E-state index contributed by atoms with van der Waals surface area (Å²) < 4.78 is 83.8. The van der Waals surface area contributed by atoms with Gasteiger partial charge in [-0.25, -0.2) is 0 Å². The number of carbonyl (C=O) groups excluding carboxylic acids is 1. The second kappa shape index (κ2) is 6.38. The van der Waals surface area contributed by atoms with E-state index in [1.807, 2.05) is 0 Å². The average Bonchev–Trinajstić information content (AvgIpc) is 2.37. The van der Waals surface area contributed by atoms with E-state index in [0.29, 0.717) is 6.20 Å². The van der Waals surface area contributed by atoms with E-state index < -0.39 is 54.0 Å². The summed E-state index contributed by atoms with van der Waals surface area (Å²) in [6.07, 6.45) is -11.0. The maximum Gasteiger partial charge on any atom is 0.573 e. The number of methoxy groups -OCH3 is 1. The maximum atomic E-state index is 13.1. The Bertz CT molecular complexity index is 556. The summed E-state index contributed by atoms with van der Waals surface area (Å²) in [5.74, 6) is -2.41. The van der Waals surface area contributed by atoms with Crippen LogP contribution in [0.4, 0.5) is 26.3 Å². The second-order valence-corrected chi connectivity index (χ2v) is 3.93. The normalized spacial score (nSPS) is 12.2. The van der Waals surface area contributed by atoms with E-state index in [1.165, 1.54) is 0 Å². The highest BCUT2D eigenvalue weighted by atomic mass is 19.4. The molecule has 0 spiro atoms. The standard InChI is InChI=1S/C11H10F6N2O3/c1-21-8(20)2-5-7(22-11(15,16)17)4-19-6(3-18)9(5)10(12,13)14/h4H,2-3,18H2,1H3. The average molecular weight is 332 g/mol. The number of alkyl halides is 6. The molecule has 0 radical (unpaired) electrons. The van der Waals surface area contributed by atoms with Gasteiger partial charge in [-0.1, -0.05) is 0 Å². The summed E-state index contributed by atoms with van der Waals surface area (Å²) in [5.41, 5.74) is 1.83. The molecular formula is C11H10F6N2O3. The largest absolute Gasteiger partial charge is 0.573 e. The number of carbonyl (C=O) groups is 1. The summed E-state index contributed by atoms with van der Waals surface area (Å²) in [4.78, 5) is 14.4. The number of aromatic nitrogens is 1. The molecule has 0 saturated carbocycles. The summed E-state index contributed by atoms with van der Waals surface area (Å²) in [6, 6.07) is 0. The molecule has 0 saturated heterocycles. The molecule has 0 aromatic carbocycles. The van der Waals surface area contributed by atoms with E-state index in [2.05, 4.69) is 14.5 Å². The van der Waals surface area contributed by atoms with Gasteiger partial charge in [0.25, 0.3) is 0 Å². The Morgan fingerprint density at radius 3 is 2.27 bits per heavy atom. The molecular weight excluding hydrogens is 322 g/mol. The maximum absolute atomic E-state index is 13.1. The lowest BCUT2D eigenvalue weighted by molar-refractivity contribution is -0.275. The van der Waals surface area contributed by atoms with Gasteiger partial charge < -0.3 is 15.2 Å². The first kappa shape index (κ1) is 18.0. The number of ether oxygens (including phenoxy) is 2. The van der Waals surface area contributed by atoms with Gasteiger partial charge in [0.05, 0.1) is 31.0 Å². The van der Waals surface area contributed by atoms with E-state index in [1.54, 1.807) is 0 Å². The molecule has 124 valence electrons. The molecule has 0 fully saturated rings. The van der Waals surface area contributed by atoms with Gasteiger partial charge in [0, 0.05) is 12.1 Å². The smallest absolute Gasteiger partial charge is 0.469 e. The molecule has 0 bridgehead atoms. The van der Waals surface area contributed by atoms with Crippen molar-refractivity contribution < 1.29 is 40.6 Å². The molecule has 11 heteroatoms. The summed E-state index contributed by atoms with van der Waals surface area (Å²) in [7, 11) is 0.880. The quantitative estimate of drug-likeness (QED) is 0.676. The Kier molecular flexibility index (Phi) is 5.22. The molecule has 1 aromatic rings. The third kappa shape index (κ3) is 4.48. The molecule has 5 nitrogen and oxygen atoms in total. The Labute approximate surface area is 120 Å². The number of esters is 1. The number of nitrogens with two attached hydrogens (primary N) is 1. The lowest BCUT2D eigenvalue weighted by Crippen LogP contribution is -2.24. The predicted octanol–water partition coefficient (Wildman–Crippen LogP) is 2.17. The van der Waals surface area contributed by atoms with E-state index in [4.69, 9.17) is 5.73 Å². The fourth-order valence-corrected chi connectivity index (χ4v) is 1.67. The lowest BCUT2D eigenvalue weighted by atomic mass is 10.0. The van der Waals surface area contributed by atoms with E-state index >= 15 is 0 Å². The number of pyridine rings is 1. The highest BCUT2D eigenvalue weighted by molar-refractivity contribution is 5.74. The summed E-state index contributed by atoms with van der Waals surface area (Å²) >= 11 is 0. The molecule has 22 heavy (non-hydrogen) atoms. The predicted molar refractivity (Wildman–Crippen MR) is 59.5 cm³/mol. The van der Waals surface area contributed by atoms with Gasteiger partial charge >= 0.3 is 18.5 Å². The van der Waals surface area contributed by atoms with Crippen molar-refractivity contribution in [1.29, 1.82) is 0 Å². The third-order valence-electron chi connectivity index (χ3n) is 2.48. The number of nitrogens with zero attached hydrogens (tertiary/aromatic N) is 1. The first-order valence-electron chi connectivity index (χ1n) is 5.60. The summed E-state index contributed by atoms with van der Waals surface area (Å²) in [5, 5.41) is 0. The van der Waals surface area contributed by atoms with Gasteiger partial charge in [-0.2, -0.15) is 13.2 Å². The van der Waals surface area contributed by atoms with Crippen molar-refractivity contribution in [3.63, 3.8) is 0 Å². The van der Waals surface area contributed by atoms with Crippen molar-refractivity contribution in [2.45, 2.75) is 25.5 Å². The fraction of sp³-hybridized carbons (Fsp3) is 0.455. The molecule has 0 amide bonds. The number of hydrogen-bond acceptors (Lipinski definition) is 5. The van der Waals surface area contributed by atoms with Crippen LogP contribution in [0.1, 0.15) is 16.8 Å². The topological polar surface area (TPSA) is 74.4 Å². The highest BCUT2D eigenvalue weighted by Gasteiger charge is 2.41. The Morgan fingerprint density at radius 2 is 1.86 bits per heavy atom. The van der Waals surface area contributed by atoms with Crippen LogP contribution in [-0.4, -0.2) is 24.4 Å². The van der Waals surface area contributed by atoms with Crippen LogP contribution in [0.25, 0.3) is 0 Å². The van der Waals surface area contributed by atoms with Crippen molar-refractivity contribution in [2.75, 3.05) is 7.11 Å². The van der Waals surface area contributed by atoms with Crippen LogP contribution in [-0.2, 0) is 28.7 Å². The minimum atomic E-state index is -5.25. The van der Waals surface area contributed by atoms with Crippen LogP contribution < -0.4 is 10.5 Å². The highest BCUT2D eigenvalue weighted by Crippen LogP contribution is 2.39. The first-order chi connectivity index (χ1) is 9.99. The van der Waals surface area contributed by atoms with Crippen LogP contribution in [0.5, 0.6) is 5.75 Å². The number of halogens is 6. The van der Waals surface area contributed by atoms with E-state index in [0.717, 1.165) is 7.11 Å². The number of rotatable bonds is 4. The van der Waals surface area contributed by atoms with Gasteiger partial charge in [-0.3, -0.25) is 9.78 Å². The minimum absolute atomic E-state index is 0.434. The number of hydrogen-bond donors (Lipinski definition) is 1. The Hall–Kier alpha value is -2.04. The van der Waals surface area contributed by atoms with Crippen molar-refractivity contribution >= 4 is 5.97 Å². The van der Waals surface area contributed by atoms with Crippen LogP contribution in [0, 0.1) is 0 Å². The monoisotopic (exact) mass is 332 g/mol. The van der Waals surface area contributed by atoms with Crippen LogP contribution in [0.15, 0.2) is 6.20 Å². The molecule has 1 rings (SSSR count).